The molecule has 1 fully saturated rings. The van der Waals surface area contributed by atoms with E-state index in [0.717, 1.165) is 12.1 Å². The van der Waals surface area contributed by atoms with E-state index in [-0.39, 0.29) is 15.5 Å². The molecule has 30 heavy (non-hydrogen) atoms. The van der Waals surface area contributed by atoms with Gasteiger partial charge in [-0.3, -0.25) is 0 Å². The molecule has 160 valence electrons. The Morgan fingerprint density at radius 2 is 1.90 bits per heavy atom. The first kappa shape index (κ1) is 22.6. The van der Waals surface area contributed by atoms with E-state index in [0.29, 0.717) is 10.4 Å². The van der Waals surface area contributed by atoms with Crippen LogP contribution in [0.4, 0.5) is 4.39 Å². The van der Waals surface area contributed by atoms with Gasteiger partial charge in [-0.05, 0) is 30.3 Å². The zero-order valence-electron chi connectivity index (χ0n) is 15.2. The second-order valence-corrected chi connectivity index (χ2v) is 11.2. The number of hydrogen-bond donors (Lipinski definition) is 2. The lowest BCUT2D eigenvalue weighted by Gasteiger charge is -2.26. The summed E-state index contributed by atoms with van der Waals surface area (Å²) in [5.74, 6) is -1.08. The van der Waals surface area contributed by atoms with Crippen LogP contribution in [0.3, 0.4) is 0 Å². The lowest BCUT2D eigenvalue weighted by Crippen LogP contribution is -2.49. The Kier molecular flexibility index (Phi) is 5.94. The average molecular weight is 475 g/mol. The molecule has 12 heteroatoms. The zero-order valence-corrected chi connectivity index (χ0v) is 17.6. The maximum absolute atomic E-state index is 14.0. The van der Waals surface area contributed by atoms with Crippen molar-refractivity contribution in [3.63, 3.8) is 0 Å². The van der Waals surface area contributed by atoms with Gasteiger partial charge in [-0.15, -0.1) is 0 Å². The number of nitriles is 1. The minimum absolute atomic E-state index is 0.0921. The number of halogens is 2. The highest BCUT2D eigenvalue weighted by molar-refractivity contribution is 7.92. The van der Waals surface area contributed by atoms with E-state index in [9.17, 15) is 31.4 Å². The van der Waals surface area contributed by atoms with E-state index in [1.165, 1.54) is 24.3 Å². The summed E-state index contributed by atoms with van der Waals surface area (Å²) in [4.78, 5) is -0.831. The third-order valence-corrected chi connectivity index (χ3v) is 9.47. The second-order valence-electron chi connectivity index (χ2n) is 6.78. The topological polar surface area (TPSA) is 136 Å². The van der Waals surface area contributed by atoms with E-state index >= 15 is 0 Å². The lowest BCUT2D eigenvalue weighted by atomic mass is 10.1. The smallest absolute Gasteiger partial charge is 0.244 e. The maximum atomic E-state index is 14.0. The second kappa shape index (κ2) is 7.88. The molecular weight excluding hydrogens is 459 g/mol. The molecule has 8 nitrogen and oxygen atoms in total. The van der Waals surface area contributed by atoms with E-state index in [2.05, 4.69) is 0 Å². The SMILES string of the molecule is N#Cc1ccc(S(=O)(=O)C2CN(S(=O)(=O)c3ccccc3Cl)C[C@@]2(O)CO)cc1F. The van der Waals surface area contributed by atoms with Crippen LogP contribution in [0.1, 0.15) is 5.56 Å². The van der Waals surface area contributed by atoms with Crippen molar-refractivity contribution in [2.24, 2.45) is 0 Å². The number of benzene rings is 2. The van der Waals surface area contributed by atoms with Crippen molar-refractivity contribution in [2.75, 3.05) is 19.7 Å². The number of nitrogens with zero attached hydrogens (tertiary/aromatic N) is 2. The molecule has 1 aliphatic heterocycles. The van der Waals surface area contributed by atoms with E-state index in [1.807, 2.05) is 0 Å². The first-order valence-corrected chi connectivity index (χ1v) is 11.9. The highest BCUT2D eigenvalue weighted by Gasteiger charge is 2.55. The van der Waals surface area contributed by atoms with Gasteiger partial charge in [0.15, 0.2) is 9.84 Å². The van der Waals surface area contributed by atoms with Crippen molar-refractivity contribution in [2.45, 2.75) is 20.6 Å². The minimum Gasteiger partial charge on any atom is -0.393 e. The zero-order chi connectivity index (χ0) is 22.3. The fraction of sp³-hybridized carbons (Fsp3) is 0.278. The van der Waals surface area contributed by atoms with Crippen LogP contribution in [0.15, 0.2) is 52.3 Å². The summed E-state index contributed by atoms with van der Waals surface area (Å²) in [5, 5.41) is 27.4. The fourth-order valence-corrected chi connectivity index (χ4v) is 7.33. The lowest BCUT2D eigenvalue weighted by molar-refractivity contribution is 0.00159. The largest absolute Gasteiger partial charge is 0.393 e. The Morgan fingerprint density at radius 3 is 2.47 bits per heavy atom. The van der Waals surface area contributed by atoms with Crippen molar-refractivity contribution in [1.82, 2.24) is 4.31 Å². The molecular formula is C18H16ClFN2O6S2. The molecule has 0 amide bonds. The van der Waals surface area contributed by atoms with Crippen molar-refractivity contribution in [1.29, 1.82) is 5.26 Å². The Labute approximate surface area is 177 Å². The molecule has 1 heterocycles. The van der Waals surface area contributed by atoms with Crippen molar-refractivity contribution < 1.29 is 31.4 Å². The molecule has 0 radical (unpaired) electrons. The van der Waals surface area contributed by atoms with Gasteiger partial charge in [0.25, 0.3) is 0 Å². The van der Waals surface area contributed by atoms with E-state index < -0.39 is 61.1 Å². The Bertz CT molecular complexity index is 1250. The predicted molar refractivity (Wildman–Crippen MR) is 104 cm³/mol. The fourth-order valence-electron chi connectivity index (χ4n) is 3.27. The van der Waals surface area contributed by atoms with Crippen LogP contribution in [0.5, 0.6) is 0 Å². The van der Waals surface area contributed by atoms with Crippen LogP contribution < -0.4 is 0 Å². The number of aliphatic hydroxyl groups excluding tert-OH is 1. The molecule has 2 atom stereocenters. The third kappa shape index (κ3) is 3.71. The van der Waals surface area contributed by atoms with Gasteiger partial charge < -0.3 is 10.2 Å². The van der Waals surface area contributed by atoms with Gasteiger partial charge >= 0.3 is 0 Å². The quantitative estimate of drug-likeness (QED) is 0.657. The summed E-state index contributed by atoms with van der Waals surface area (Å²) in [6.45, 7) is -2.45. The summed E-state index contributed by atoms with van der Waals surface area (Å²) in [6, 6.07) is 9.66. The standard InChI is InChI=1S/C18H16ClFN2O6S2/c19-14-3-1-2-4-16(14)30(27,28)22-9-17(18(24,10-22)11-23)29(25,26)13-6-5-12(8-21)15(20)7-13/h1-7,17,23-24H,9-11H2/t17?,18-/m1/s1. The number of β-amino-alcohol motifs (C(OH)–C–C–N with tert-alkyl or cyclic N) is 1. The molecule has 0 spiro atoms. The first-order valence-electron chi connectivity index (χ1n) is 8.49. The van der Waals surface area contributed by atoms with Crippen molar-refractivity contribution in [3.05, 3.63) is 58.9 Å². The molecule has 0 bridgehead atoms. The molecule has 3 rings (SSSR count). The monoisotopic (exact) mass is 474 g/mol. The summed E-state index contributed by atoms with van der Waals surface area (Å²) in [6.07, 6.45) is 0. The van der Waals surface area contributed by atoms with Crippen molar-refractivity contribution >= 4 is 31.5 Å². The molecule has 0 aromatic heterocycles. The summed E-state index contributed by atoms with van der Waals surface area (Å²) in [5.41, 5.74) is -2.71. The van der Waals surface area contributed by atoms with E-state index in [4.69, 9.17) is 16.9 Å². The minimum atomic E-state index is -4.49. The van der Waals surface area contributed by atoms with Gasteiger partial charge in [0, 0.05) is 13.1 Å². The first-order chi connectivity index (χ1) is 14.0. The van der Waals surface area contributed by atoms with Crippen LogP contribution in [-0.4, -0.2) is 61.9 Å². The molecule has 2 aromatic rings. The summed E-state index contributed by atoms with van der Waals surface area (Å²) >= 11 is 5.96. The van der Waals surface area contributed by atoms with Crippen LogP contribution >= 0.6 is 11.6 Å². The highest BCUT2D eigenvalue weighted by atomic mass is 35.5. The van der Waals surface area contributed by atoms with Crippen LogP contribution in [-0.2, 0) is 19.9 Å². The molecule has 0 saturated carbocycles. The highest BCUT2D eigenvalue weighted by Crippen LogP contribution is 2.36. The molecule has 2 N–H and O–H groups in total. The molecule has 1 saturated heterocycles. The van der Waals surface area contributed by atoms with Crippen LogP contribution in [0, 0.1) is 17.1 Å². The van der Waals surface area contributed by atoms with Gasteiger partial charge in [0.05, 0.1) is 22.1 Å². The van der Waals surface area contributed by atoms with Gasteiger partial charge in [-0.2, -0.15) is 9.57 Å². The molecule has 1 unspecified atom stereocenters. The number of hydrogen-bond acceptors (Lipinski definition) is 7. The predicted octanol–water partition coefficient (Wildman–Crippen LogP) is 0.921. The number of aliphatic hydroxyl groups is 2. The Hall–Kier alpha value is -2.07. The number of sulfone groups is 1. The molecule has 2 aromatic carbocycles. The third-order valence-electron chi connectivity index (χ3n) is 4.91. The van der Waals surface area contributed by atoms with Gasteiger partial charge in [-0.1, -0.05) is 23.7 Å². The van der Waals surface area contributed by atoms with Crippen molar-refractivity contribution in [3.8, 4) is 6.07 Å². The maximum Gasteiger partial charge on any atom is 0.244 e. The van der Waals surface area contributed by atoms with Gasteiger partial charge in [-0.25, -0.2) is 21.2 Å². The van der Waals surface area contributed by atoms with Crippen LogP contribution in [0.25, 0.3) is 0 Å². The number of sulfonamides is 1. The average Bonchev–Trinajstić information content (AvgIpc) is 3.08. The number of rotatable bonds is 5. The Balaban J connectivity index is 2.05. The molecule has 0 aliphatic carbocycles. The normalized spacial score (nSPS) is 22.7. The van der Waals surface area contributed by atoms with Crippen LogP contribution in [0.2, 0.25) is 5.02 Å². The van der Waals surface area contributed by atoms with Gasteiger partial charge in [0.1, 0.15) is 27.6 Å². The molecule has 1 aliphatic rings. The Morgan fingerprint density at radius 1 is 1.23 bits per heavy atom. The van der Waals surface area contributed by atoms with E-state index in [1.54, 1.807) is 6.07 Å². The summed E-state index contributed by atoms with van der Waals surface area (Å²) in [7, 11) is -8.79. The van der Waals surface area contributed by atoms with Gasteiger partial charge in [0.2, 0.25) is 10.0 Å². The summed E-state index contributed by atoms with van der Waals surface area (Å²) < 4.78 is 66.7.